The van der Waals surface area contributed by atoms with Crippen LogP contribution in [-0.4, -0.2) is 40.5 Å². The van der Waals surface area contributed by atoms with E-state index in [4.69, 9.17) is 19.7 Å². The third-order valence-electron chi connectivity index (χ3n) is 2.95. The Bertz CT molecular complexity index is 190. The van der Waals surface area contributed by atoms with Gasteiger partial charge in [-0.3, -0.25) is 0 Å². The number of aliphatic hydroxyl groups is 1. The summed E-state index contributed by atoms with van der Waals surface area (Å²) in [6, 6.07) is 0.944. The van der Waals surface area contributed by atoms with E-state index >= 15 is 0 Å². The molecule has 0 spiro atoms. The third-order valence-corrected chi connectivity index (χ3v) is 5.79. The molecule has 0 amide bonds. The normalized spacial score (nSPS) is 16.1. The van der Waals surface area contributed by atoms with Crippen LogP contribution in [0.1, 0.15) is 26.7 Å². The van der Waals surface area contributed by atoms with E-state index in [9.17, 15) is 0 Å². The van der Waals surface area contributed by atoms with Crippen molar-refractivity contribution in [2.45, 2.75) is 39.3 Å². The van der Waals surface area contributed by atoms with Gasteiger partial charge in [0.05, 0.1) is 0 Å². The number of rotatable bonds is 9. The van der Waals surface area contributed by atoms with E-state index in [2.05, 4.69) is 20.4 Å². The fraction of sp³-hybridized carbons (Fsp3) is 1.00. The second-order valence-corrected chi connectivity index (χ2v) is 8.60. The number of nitrogens with two attached hydrogens (primary N) is 1. The predicted octanol–water partition coefficient (Wildman–Crippen LogP) is 1.48. The van der Waals surface area contributed by atoms with Gasteiger partial charge in [-0.1, -0.05) is 13.8 Å². The van der Waals surface area contributed by atoms with Gasteiger partial charge in [0.25, 0.3) is 0 Å². The molecule has 0 aliphatic carbocycles. The van der Waals surface area contributed by atoms with Crippen LogP contribution in [0.5, 0.6) is 0 Å². The van der Waals surface area contributed by atoms with Gasteiger partial charge in [0.2, 0.25) is 0 Å². The number of aliphatic hydroxyl groups excluding tert-OH is 1. The maximum Gasteiger partial charge on any atom is 0.334 e. The Morgan fingerprint density at radius 2 is 2.00 bits per heavy atom. The smallest absolute Gasteiger partial charge is 0.334 e. The van der Waals surface area contributed by atoms with Crippen molar-refractivity contribution in [1.82, 2.24) is 0 Å². The minimum atomic E-state index is -2.05. The summed E-state index contributed by atoms with van der Waals surface area (Å²) in [6.45, 7) is 7.81. The molecule has 0 saturated carbocycles. The Morgan fingerprint density at radius 3 is 2.44 bits per heavy atom. The van der Waals surface area contributed by atoms with Crippen LogP contribution >= 0.6 is 0 Å². The zero-order valence-corrected chi connectivity index (χ0v) is 12.1. The van der Waals surface area contributed by atoms with Crippen LogP contribution in [0, 0.1) is 5.41 Å². The van der Waals surface area contributed by atoms with E-state index in [1.54, 1.807) is 7.11 Å². The Balaban J connectivity index is 4.05. The fourth-order valence-corrected chi connectivity index (χ4v) is 3.43. The van der Waals surface area contributed by atoms with Crippen molar-refractivity contribution in [3.05, 3.63) is 0 Å². The summed E-state index contributed by atoms with van der Waals surface area (Å²) >= 11 is 0. The molecule has 0 bridgehead atoms. The molecule has 0 aliphatic heterocycles. The molecule has 1 atom stereocenters. The summed E-state index contributed by atoms with van der Waals surface area (Å²) in [5, 5.41) is 8.71. The van der Waals surface area contributed by atoms with Gasteiger partial charge in [0, 0.05) is 20.3 Å². The zero-order chi connectivity index (χ0) is 12.7. The van der Waals surface area contributed by atoms with Crippen LogP contribution in [0.15, 0.2) is 0 Å². The Labute approximate surface area is 100 Å². The average molecular weight is 249 g/mol. The lowest BCUT2D eigenvalue weighted by atomic mass is 9.91. The maximum absolute atomic E-state index is 8.71. The molecule has 0 saturated heterocycles. The molecule has 0 heterocycles. The topological polar surface area (TPSA) is 64.7 Å². The summed E-state index contributed by atoms with van der Waals surface area (Å²) in [5.74, 6) is 0. The summed E-state index contributed by atoms with van der Waals surface area (Å²) in [4.78, 5) is 0. The van der Waals surface area contributed by atoms with E-state index in [0.717, 1.165) is 12.5 Å². The first-order valence-electron chi connectivity index (χ1n) is 5.89. The summed E-state index contributed by atoms with van der Waals surface area (Å²) in [6.07, 6.45) is 1.69. The zero-order valence-electron chi connectivity index (χ0n) is 11.1. The van der Waals surface area contributed by atoms with Gasteiger partial charge in [-0.25, -0.2) is 0 Å². The molecular formula is C11H27NO3Si. The molecule has 98 valence electrons. The van der Waals surface area contributed by atoms with Crippen LogP contribution in [0.3, 0.4) is 0 Å². The van der Waals surface area contributed by atoms with Crippen LogP contribution in [0.2, 0.25) is 12.6 Å². The van der Waals surface area contributed by atoms with Crippen LogP contribution in [0.4, 0.5) is 0 Å². The predicted molar refractivity (Wildman–Crippen MR) is 68.5 cm³/mol. The molecule has 0 aromatic heterocycles. The van der Waals surface area contributed by atoms with Crippen LogP contribution in [-0.2, 0) is 8.85 Å². The van der Waals surface area contributed by atoms with E-state index in [-0.39, 0.29) is 12.0 Å². The van der Waals surface area contributed by atoms with Gasteiger partial charge in [0.15, 0.2) is 0 Å². The molecule has 16 heavy (non-hydrogen) atoms. The Kier molecular flexibility index (Phi) is 7.42. The lowest BCUT2D eigenvalue weighted by Crippen LogP contribution is -2.39. The van der Waals surface area contributed by atoms with Gasteiger partial charge in [-0.05, 0) is 37.4 Å². The van der Waals surface area contributed by atoms with Crippen molar-refractivity contribution in [1.29, 1.82) is 0 Å². The molecule has 0 rings (SSSR count). The van der Waals surface area contributed by atoms with E-state index in [0.29, 0.717) is 19.6 Å². The molecule has 1 unspecified atom stereocenters. The molecular weight excluding hydrogens is 222 g/mol. The highest BCUT2D eigenvalue weighted by atomic mass is 28.4. The maximum atomic E-state index is 8.71. The fourth-order valence-electron chi connectivity index (χ4n) is 1.25. The summed E-state index contributed by atoms with van der Waals surface area (Å²) < 4.78 is 11.3. The molecule has 0 fully saturated rings. The molecule has 4 nitrogen and oxygen atoms in total. The second-order valence-electron chi connectivity index (χ2n) is 5.13. The van der Waals surface area contributed by atoms with E-state index in [1.807, 2.05) is 0 Å². The minimum Gasteiger partial charge on any atom is -0.398 e. The molecule has 0 aromatic rings. The Morgan fingerprint density at radius 1 is 1.38 bits per heavy atom. The number of hydrogen-bond acceptors (Lipinski definition) is 4. The highest BCUT2D eigenvalue weighted by Gasteiger charge is 2.32. The molecule has 0 aromatic carbocycles. The molecule has 0 radical (unpaired) electrons. The monoisotopic (exact) mass is 249 g/mol. The first kappa shape index (κ1) is 16.1. The van der Waals surface area contributed by atoms with Crippen molar-refractivity contribution in [3.8, 4) is 0 Å². The van der Waals surface area contributed by atoms with Gasteiger partial charge in [0.1, 0.15) is 0 Å². The van der Waals surface area contributed by atoms with Crippen molar-refractivity contribution in [3.63, 3.8) is 0 Å². The molecule has 0 aliphatic rings. The van der Waals surface area contributed by atoms with Gasteiger partial charge < -0.3 is 19.7 Å². The SMILES string of the molecule is CO[Si](C)(CCC(C)(C)CN)OCCCO. The van der Waals surface area contributed by atoms with Crippen LogP contribution in [0.25, 0.3) is 0 Å². The first-order valence-corrected chi connectivity index (χ1v) is 8.41. The highest BCUT2D eigenvalue weighted by Crippen LogP contribution is 2.26. The molecule has 3 N–H and O–H groups in total. The lowest BCUT2D eigenvalue weighted by Gasteiger charge is -2.29. The van der Waals surface area contributed by atoms with Crippen molar-refractivity contribution in [2.75, 3.05) is 26.9 Å². The van der Waals surface area contributed by atoms with Crippen molar-refractivity contribution < 1.29 is 14.0 Å². The van der Waals surface area contributed by atoms with Crippen molar-refractivity contribution >= 4 is 8.56 Å². The Hall–Kier alpha value is 0.0569. The van der Waals surface area contributed by atoms with E-state index in [1.165, 1.54) is 0 Å². The minimum absolute atomic E-state index is 0.146. The quantitative estimate of drug-likeness (QED) is 0.480. The highest BCUT2D eigenvalue weighted by molar-refractivity contribution is 6.65. The third kappa shape index (κ3) is 6.60. The van der Waals surface area contributed by atoms with Gasteiger partial charge in [-0.2, -0.15) is 0 Å². The number of hydrogen-bond donors (Lipinski definition) is 2. The van der Waals surface area contributed by atoms with Crippen molar-refractivity contribution in [2.24, 2.45) is 11.1 Å². The standard InChI is InChI=1S/C11H27NO3Si/c1-11(2,10-12)6-9-16(4,14-3)15-8-5-7-13/h13H,5-10,12H2,1-4H3. The summed E-state index contributed by atoms with van der Waals surface area (Å²) in [7, 11) is -0.344. The average Bonchev–Trinajstić information content (AvgIpc) is 2.27. The second kappa shape index (κ2) is 7.40. The van der Waals surface area contributed by atoms with Crippen LogP contribution < -0.4 is 5.73 Å². The first-order chi connectivity index (χ1) is 7.39. The van der Waals surface area contributed by atoms with E-state index < -0.39 is 8.56 Å². The summed E-state index contributed by atoms with van der Waals surface area (Å²) in [5.41, 5.74) is 5.85. The van der Waals surface area contributed by atoms with Gasteiger partial charge >= 0.3 is 8.56 Å². The largest absolute Gasteiger partial charge is 0.398 e. The lowest BCUT2D eigenvalue weighted by molar-refractivity contribution is 0.174. The van der Waals surface area contributed by atoms with Gasteiger partial charge in [-0.15, -0.1) is 0 Å². The molecule has 5 heteroatoms.